The molecule has 0 spiro atoms. The number of benzene rings is 3. The lowest BCUT2D eigenvalue weighted by molar-refractivity contribution is 0.415. The van der Waals surface area contributed by atoms with Crippen LogP contribution in [0.25, 0.3) is 21.9 Å². The van der Waals surface area contributed by atoms with Gasteiger partial charge in [-0.2, -0.15) is 0 Å². The van der Waals surface area contributed by atoms with Gasteiger partial charge < -0.3 is 14.2 Å². The molecule has 2 heterocycles. The molecule has 4 aromatic rings. The average Bonchev–Trinajstić information content (AvgIpc) is 3.20. The zero-order valence-corrected chi connectivity index (χ0v) is 17.3. The molecule has 0 amide bonds. The maximum Gasteiger partial charge on any atom is 0.258 e. The molecule has 30 heavy (non-hydrogen) atoms. The lowest BCUT2D eigenvalue weighted by atomic mass is 9.96. The minimum Gasteiger partial charge on any atom is -0.497 e. The standard InChI is InChI=1S/C26H24N2O2/c1-27-24(17-28-15-14-18-8-6-7-11-23(18)28)25(19-9-4-3-5-10-19)22-16-20(30-2)12-13-21(22)26(27)29/h3-13,16H,14-15,17H2,1-2H3. The van der Waals surface area contributed by atoms with E-state index in [9.17, 15) is 4.79 Å². The second-order valence-corrected chi connectivity index (χ2v) is 7.76. The highest BCUT2D eigenvalue weighted by molar-refractivity contribution is 5.98. The zero-order chi connectivity index (χ0) is 20.7. The molecule has 0 aliphatic carbocycles. The summed E-state index contributed by atoms with van der Waals surface area (Å²) in [5, 5.41) is 1.65. The number of aromatic nitrogens is 1. The second-order valence-electron chi connectivity index (χ2n) is 7.76. The highest BCUT2D eigenvalue weighted by Gasteiger charge is 2.23. The van der Waals surface area contributed by atoms with Gasteiger partial charge in [-0.05, 0) is 41.8 Å². The molecule has 0 fully saturated rings. The van der Waals surface area contributed by atoms with Gasteiger partial charge in [-0.3, -0.25) is 4.79 Å². The lowest BCUT2D eigenvalue weighted by Crippen LogP contribution is -2.28. The average molecular weight is 396 g/mol. The lowest BCUT2D eigenvalue weighted by Gasteiger charge is -2.24. The Morgan fingerprint density at radius 3 is 2.50 bits per heavy atom. The number of ether oxygens (including phenoxy) is 1. The Bertz CT molecular complexity index is 1290. The van der Waals surface area contributed by atoms with Crippen molar-refractivity contribution >= 4 is 16.5 Å². The highest BCUT2D eigenvalue weighted by atomic mass is 16.5. The molecule has 5 rings (SSSR count). The van der Waals surface area contributed by atoms with E-state index in [1.165, 1.54) is 11.3 Å². The third kappa shape index (κ3) is 2.96. The van der Waals surface area contributed by atoms with E-state index in [1.807, 2.05) is 48.0 Å². The number of para-hydroxylation sites is 1. The smallest absolute Gasteiger partial charge is 0.258 e. The third-order valence-corrected chi connectivity index (χ3v) is 6.11. The number of hydrogen-bond acceptors (Lipinski definition) is 3. The van der Waals surface area contributed by atoms with Crippen molar-refractivity contribution in [3.8, 4) is 16.9 Å². The number of rotatable bonds is 4. The molecule has 1 aliphatic rings. The summed E-state index contributed by atoms with van der Waals surface area (Å²) in [7, 11) is 3.54. The van der Waals surface area contributed by atoms with Crippen LogP contribution >= 0.6 is 0 Å². The molecule has 0 unspecified atom stereocenters. The first-order chi connectivity index (χ1) is 14.7. The molecule has 4 nitrogen and oxygen atoms in total. The first-order valence-corrected chi connectivity index (χ1v) is 10.3. The molecule has 0 saturated carbocycles. The molecule has 0 radical (unpaired) electrons. The highest BCUT2D eigenvalue weighted by Crippen LogP contribution is 2.35. The number of methoxy groups -OCH3 is 1. The van der Waals surface area contributed by atoms with E-state index in [2.05, 4.69) is 41.3 Å². The van der Waals surface area contributed by atoms with Crippen molar-refractivity contribution in [2.24, 2.45) is 7.05 Å². The summed E-state index contributed by atoms with van der Waals surface area (Å²) in [5.74, 6) is 0.755. The Morgan fingerprint density at radius 2 is 1.70 bits per heavy atom. The van der Waals surface area contributed by atoms with Gasteiger partial charge in [-0.15, -0.1) is 0 Å². The normalized spacial score (nSPS) is 12.9. The van der Waals surface area contributed by atoms with Crippen LogP contribution in [0.4, 0.5) is 5.69 Å². The van der Waals surface area contributed by atoms with Crippen LogP contribution in [0.1, 0.15) is 11.3 Å². The maximum atomic E-state index is 13.3. The van der Waals surface area contributed by atoms with Crippen LogP contribution in [0.2, 0.25) is 0 Å². The van der Waals surface area contributed by atoms with E-state index in [0.717, 1.165) is 40.9 Å². The van der Waals surface area contributed by atoms with Crippen molar-refractivity contribution < 1.29 is 4.74 Å². The van der Waals surface area contributed by atoms with Crippen LogP contribution in [0, 0.1) is 0 Å². The molecule has 0 saturated heterocycles. The third-order valence-electron chi connectivity index (χ3n) is 6.11. The van der Waals surface area contributed by atoms with Crippen LogP contribution in [-0.4, -0.2) is 18.2 Å². The molecule has 0 N–H and O–H groups in total. The summed E-state index contributed by atoms with van der Waals surface area (Å²) in [5.41, 5.74) is 5.87. The Labute approximate surface area is 176 Å². The summed E-state index contributed by atoms with van der Waals surface area (Å²) >= 11 is 0. The maximum absolute atomic E-state index is 13.3. The fraction of sp³-hybridized carbons (Fsp3) is 0.192. The van der Waals surface area contributed by atoms with Gasteiger partial charge in [0.05, 0.1) is 13.7 Å². The van der Waals surface area contributed by atoms with Gasteiger partial charge in [0.15, 0.2) is 0 Å². The summed E-state index contributed by atoms with van der Waals surface area (Å²) in [6, 6.07) is 24.6. The minimum atomic E-state index is 0.0230. The van der Waals surface area contributed by atoms with E-state index < -0.39 is 0 Å². The predicted octanol–water partition coefficient (Wildman–Crippen LogP) is 4.78. The number of fused-ring (bicyclic) bond motifs is 2. The Balaban J connectivity index is 1.77. The van der Waals surface area contributed by atoms with E-state index in [1.54, 1.807) is 7.11 Å². The van der Waals surface area contributed by atoms with Crippen molar-refractivity contribution in [2.75, 3.05) is 18.6 Å². The van der Waals surface area contributed by atoms with Crippen LogP contribution in [0.15, 0.2) is 77.6 Å². The van der Waals surface area contributed by atoms with E-state index >= 15 is 0 Å². The van der Waals surface area contributed by atoms with Crippen LogP contribution in [0.3, 0.4) is 0 Å². The van der Waals surface area contributed by atoms with Crippen molar-refractivity contribution in [2.45, 2.75) is 13.0 Å². The largest absolute Gasteiger partial charge is 0.497 e. The van der Waals surface area contributed by atoms with Gasteiger partial charge in [0.25, 0.3) is 5.56 Å². The number of nitrogens with zero attached hydrogens (tertiary/aromatic N) is 2. The Kier molecular flexibility index (Phi) is 4.55. The summed E-state index contributed by atoms with van der Waals surface area (Å²) in [4.78, 5) is 15.6. The molecular formula is C26H24N2O2. The van der Waals surface area contributed by atoms with Crippen LogP contribution in [-0.2, 0) is 20.0 Å². The fourth-order valence-electron chi connectivity index (χ4n) is 4.53. The monoisotopic (exact) mass is 396 g/mol. The number of hydrogen-bond donors (Lipinski definition) is 0. The molecule has 4 heteroatoms. The van der Waals surface area contributed by atoms with Gasteiger partial charge in [0.1, 0.15) is 5.75 Å². The first kappa shape index (κ1) is 18.5. The molecule has 1 aromatic heterocycles. The summed E-state index contributed by atoms with van der Waals surface area (Å²) < 4.78 is 7.30. The summed E-state index contributed by atoms with van der Waals surface area (Å²) in [6.45, 7) is 1.64. The topological polar surface area (TPSA) is 34.5 Å². The number of pyridine rings is 1. The molecule has 150 valence electrons. The fourth-order valence-corrected chi connectivity index (χ4v) is 4.53. The summed E-state index contributed by atoms with van der Waals surface area (Å²) in [6.07, 6.45) is 1.03. The first-order valence-electron chi connectivity index (χ1n) is 10.3. The van der Waals surface area contributed by atoms with Gasteiger partial charge in [0.2, 0.25) is 0 Å². The SMILES string of the molecule is COc1ccc2c(=O)n(C)c(CN3CCc4ccccc43)c(-c3ccccc3)c2c1. The quantitative estimate of drug-likeness (QED) is 0.498. The van der Waals surface area contributed by atoms with Gasteiger partial charge in [-0.25, -0.2) is 0 Å². The van der Waals surface area contributed by atoms with Gasteiger partial charge in [-0.1, -0.05) is 48.5 Å². The Hall–Kier alpha value is -3.53. The van der Waals surface area contributed by atoms with E-state index in [4.69, 9.17) is 4.74 Å². The molecule has 0 bridgehead atoms. The Morgan fingerprint density at radius 1 is 0.933 bits per heavy atom. The second kappa shape index (κ2) is 7.38. The van der Waals surface area contributed by atoms with Crippen molar-refractivity contribution in [3.63, 3.8) is 0 Å². The molecule has 3 aromatic carbocycles. The molecule has 1 aliphatic heterocycles. The van der Waals surface area contributed by atoms with E-state index in [-0.39, 0.29) is 5.56 Å². The zero-order valence-electron chi connectivity index (χ0n) is 17.3. The van der Waals surface area contributed by atoms with Crippen LogP contribution in [0.5, 0.6) is 5.75 Å². The minimum absolute atomic E-state index is 0.0230. The number of anilines is 1. The van der Waals surface area contributed by atoms with E-state index in [0.29, 0.717) is 11.9 Å². The molecular weight excluding hydrogens is 372 g/mol. The van der Waals surface area contributed by atoms with Gasteiger partial charge in [0, 0.05) is 41.3 Å². The van der Waals surface area contributed by atoms with Crippen molar-refractivity contribution in [1.82, 2.24) is 4.57 Å². The predicted molar refractivity (Wildman–Crippen MR) is 122 cm³/mol. The van der Waals surface area contributed by atoms with Gasteiger partial charge >= 0.3 is 0 Å². The molecule has 0 atom stereocenters. The van der Waals surface area contributed by atoms with Crippen LogP contribution < -0.4 is 15.2 Å². The van der Waals surface area contributed by atoms with Crippen molar-refractivity contribution in [1.29, 1.82) is 0 Å². The van der Waals surface area contributed by atoms with Crippen molar-refractivity contribution in [3.05, 3.63) is 94.4 Å².